The van der Waals surface area contributed by atoms with Gasteiger partial charge in [-0.1, -0.05) is 18.2 Å². The van der Waals surface area contributed by atoms with Crippen LogP contribution < -0.4 is 9.47 Å². The Kier molecular flexibility index (Phi) is 4.36. The molecule has 0 radical (unpaired) electrons. The lowest BCUT2D eigenvalue weighted by molar-refractivity contribution is 0.297. The normalized spacial score (nSPS) is 15.5. The van der Waals surface area contributed by atoms with Gasteiger partial charge in [0.1, 0.15) is 0 Å². The minimum absolute atomic E-state index is 0.179. The highest BCUT2D eigenvalue weighted by Gasteiger charge is 2.16. The summed E-state index contributed by atoms with van der Waals surface area (Å²) in [6.07, 6.45) is 0.908. The molecule has 1 heterocycles. The molecule has 20 heavy (non-hydrogen) atoms. The Balaban J connectivity index is 1.92. The molecule has 0 aromatic heterocycles. The van der Waals surface area contributed by atoms with Crippen molar-refractivity contribution in [1.29, 1.82) is 0 Å². The zero-order valence-corrected chi connectivity index (χ0v) is 13.7. The minimum atomic E-state index is -0.179. The first-order valence-electron chi connectivity index (χ1n) is 6.53. The summed E-state index contributed by atoms with van der Waals surface area (Å²) in [6.45, 7) is 1.39. The maximum Gasteiger partial charge on any atom is 0.161 e. The third kappa shape index (κ3) is 3.04. The Morgan fingerprint density at radius 3 is 2.50 bits per heavy atom. The van der Waals surface area contributed by atoms with E-state index in [1.54, 1.807) is 0 Å². The zero-order chi connectivity index (χ0) is 13.9. The van der Waals surface area contributed by atoms with Crippen LogP contribution in [0.4, 0.5) is 0 Å². The van der Waals surface area contributed by atoms with Gasteiger partial charge in [0.15, 0.2) is 11.5 Å². The average Bonchev–Trinajstić information content (AvgIpc) is 2.71. The van der Waals surface area contributed by atoms with E-state index in [2.05, 4.69) is 34.7 Å². The topological polar surface area (TPSA) is 18.5 Å². The quantitative estimate of drug-likeness (QED) is 0.533. The van der Waals surface area contributed by atoms with Gasteiger partial charge in [0.25, 0.3) is 0 Å². The Morgan fingerprint density at radius 2 is 1.70 bits per heavy atom. The molecular weight excluding hydrogens is 387 g/mol. The van der Waals surface area contributed by atoms with Gasteiger partial charge in [-0.05, 0) is 58.0 Å². The molecule has 0 fully saturated rings. The van der Waals surface area contributed by atoms with Gasteiger partial charge in [-0.2, -0.15) is 0 Å². The van der Waals surface area contributed by atoms with Gasteiger partial charge >= 0.3 is 0 Å². The molecule has 0 saturated carbocycles. The van der Waals surface area contributed by atoms with Gasteiger partial charge in [-0.25, -0.2) is 0 Å². The van der Waals surface area contributed by atoms with Crippen molar-refractivity contribution in [2.45, 2.75) is 11.8 Å². The predicted octanol–water partition coefficient (Wildman–Crippen LogP) is 4.78. The maximum atomic E-state index is 6.59. The second-order valence-electron chi connectivity index (χ2n) is 4.67. The van der Waals surface area contributed by atoms with E-state index in [4.69, 9.17) is 21.1 Å². The summed E-state index contributed by atoms with van der Waals surface area (Å²) in [5.74, 6) is 1.59. The molecule has 2 aromatic rings. The van der Waals surface area contributed by atoms with E-state index in [1.807, 2.05) is 30.3 Å². The first-order chi connectivity index (χ1) is 9.74. The molecular formula is C16H14ClIO2. The summed E-state index contributed by atoms with van der Waals surface area (Å²) >= 11 is 8.88. The van der Waals surface area contributed by atoms with Gasteiger partial charge in [0, 0.05) is 9.99 Å². The average molecular weight is 401 g/mol. The second-order valence-corrected chi connectivity index (χ2v) is 6.36. The molecule has 2 aromatic carbocycles. The fraction of sp³-hybridized carbons (Fsp3) is 0.250. The zero-order valence-electron chi connectivity index (χ0n) is 10.8. The number of alkyl halides is 1. The number of halogens is 2. The lowest BCUT2D eigenvalue weighted by atomic mass is 10.0. The Bertz CT molecular complexity index is 615. The maximum absolute atomic E-state index is 6.59. The van der Waals surface area contributed by atoms with Crippen LogP contribution in [-0.2, 0) is 0 Å². The van der Waals surface area contributed by atoms with Crippen LogP contribution in [0.25, 0.3) is 0 Å². The minimum Gasteiger partial charge on any atom is -0.490 e. The molecule has 2 nitrogen and oxygen atoms in total. The number of hydrogen-bond donors (Lipinski definition) is 0. The molecule has 0 aliphatic carbocycles. The van der Waals surface area contributed by atoms with Gasteiger partial charge < -0.3 is 9.47 Å². The van der Waals surface area contributed by atoms with E-state index >= 15 is 0 Å². The summed E-state index contributed by atoms with van der Waals surface area (Å²) in [5.41, 5.74) is 2.12. The van der Waals surface area contributed by atoms with Crippen LogP contribution in [0.3, 0.4) is 0 Å². The van der Waals surface area contributed by atoms with E-state index in [9.17, 15) is 0 Å². The summed E-state index contributed by atoms with van der Waals surface area (Å²) in [4.78, 5) is 0. The van der Waals surface area contributed by atoms with Gasteiger partial charge in [-0.15, -0.1) is 11.6 Å². The van der Waals surface area contributed by atoms with E-state index in [0.717, 1.165) is 29.0 Å². The summed E-state index contributed by atoms with van der Waals surface area (Å²) in [7, 11) is 0. The Morgan fingerprint density at radius 1 is 0.950 bits per heavy atom. The molecule has 4 heteroatoms. The van der Waals surface area contributed by atoms with Crippen LogP contribution in [0.2, 0.25) is 0 Å². The fourth-order valence-electron chi connectivity index (χ4n) is 2.19. The van der Waals surface area contributed by atoms with Crippen molar-refractivity contribution in [2.24, 2.45) is 0 Å². The summed E-state index contributed by atoms with van der Waals surface area (Å²) < 4.78 is 12.5. The van der Waals surface area contributed by atoms with Gasteiger partial charge in [-0.3, -0.25) is 0 Å². The first kappa shape index (κ1) is 14.0. The van der Waals surface area contributed by atoms with Crippen molar-refractivity contribution in [3.63, 3.8) is 0 Å². The molecule has 1 atom stereocenters. The highest BCUT2D eigenvalue weighted by atomic mass is 127. The van der Waals surface area contributed by atoms with Crippen molar-refractivity contribution in [1.82, 2.24) is 0 Å². The third-order valence-electron chi connectivity index (χ3n) is 3.21. The van der Waals surface area contributed by atoms with Crippen LogP contribution in [-0.4, -0.2) is 13.2 Å². The van der Waals surface area contributed by atoms with Crippen molar-refractivity contribution < 1.29 is 9.47 Å². The van der Waals surface area contributed by atoms with E-state index in [1.165, 1.54) is 3.57 Å². The van der Waals surface area contributed by atoms with Crippen molar-refractivity contribution in [3.8, 4) is 11.5 Å². The summed E-state index contributed by atoms with van der Waals surface area (Å²) in [5, 5.41) is -0.179. The SMILES string of the molecule is ClC(c1cccc(I)c1)c1ccc2c(c1)OCCCO2. The molecule has 3 rings (SSSR count). The third-order valence-corrected chi connectivity index (χ3v) is 4.38. The number of benzene rings is 2. The smallest absolute Gasteiger partial charge is 0.161 e. The lowest BCUT2D eigenvalue weighted by Gasteiger charge is -2.14. The molecule has 0 saturated heterocycles. The number of fused-ring (bicyclic) bond motifs is 1. The predicted molar refractivity (Wildman–Crippen MR) is 88.9 cm³/mol. The first-order valence-corrected chi connectivity index (χ1v) is 8.04. The van der Waals surface area contributed by atoms with Crippen molar-refractivity contribution >= 4 is 34.2 Å². The highest BCUT2D eigenvalue weighted by molar-refractivity contribution is 14.1. The van der Waals surface area contributed by atoms with Crippen molar-refractivity contribution in [3.05, 3.63) is 57.2 Å². The number of rotatable bonds is 2. The molecule has 0 spiro atoms. The largest absolute Gasteiger partial charge is 0.490 e. The fourth-order valence-corrected chi connectivity index (χ4v) is 3.03. The lowest BCUT2D eigenvalue weighted by Crippen LogP contribution is -1.97. The molecule has 104 valence electrons. The molecule has 0 amide bonds. The molecule has 1 aliphatic rings. The van der Waals surface area contributed by atoms with Crippen LogP contribution >= 0.6 is 34.2 Å². The van der Waals surface area contributed by atoms with E-state index < -0.39 is 0 Å². The van der Waals surface area contributed by atoms with E-state index in [0.29, 0.717) is 13.2 Å². The molecule has 0 N–H and O–H groups in total. The molecule has 1 unspecified atom stereocenters. The number of hydrogen-bond acceptors (Lipinski definition) is 2. The number of ether oxygens (including phenoxy) is 2. The van der Waals surface area contributed by atoms with Crippen molar-refractivity contribution in [2.75, 3.05) is 13.2 Å². The van der Waals surface area contributed by atoms with Crippen LogP contribution in [0, 0.1) is 3.57 Å². The van der Waals surface area contributed by atoms with Crippen LogP contribution in [0.1, 0.15) is 22.9 Å². The van der Waals surface area contributed by atoms with Gasteiger partial charge in [0.05, 0.1) is 18.6 Å². The van der Waals surface area contributed by atoms with Crippen LogP contribution in [0.5, 0.6) is 11.5 Å². The van der Waals surface area contributed by atoms with E-state index in [-0.39, 0.29) is 5.38 Å². The molecule has 1 aliphatic heterocycles. The Hall–Kier alpha value is -0.940. The standard InChI is InChI=1S/C16H14ClIO2/c17-16(11-3-1-4-13(18)9-11)12-5-6-14-15(10-12)20-8-2-7-19-14/h1,3-6,9-10,16H,2,7-8H2. The summed E-state index contributed by atoms with van der Waals surface area (Å²) in [6, 6.07) is 14.2. The van der Waals surface area contributed by atoms with Crippen LogP contribution in [0.15, 0.2) is 42.5 Å². The molecule has 0 bridgehead atoms. The second kappa shape index (κ2) is 6.22. The monoisotopic (exact) mass is 400 g/mol. The Labute approximate surface area is 137 Å². The highest BCUT2D eigenvalue weighted by Crippen LogP contribution is 2.36. The van der Waals surface area contributed by atoms with Gasteiger partial charge in [0.2, 0.25) is 0 Å².